The average Bonchev–Trinajstić information content (AvgIpc) is 3.81. The minimum absolute atomic E-state index is 0.000370. The average molecular weight is 990 g/mol. The summed E-state index contributed by atoms with van der Waals surface area (Å²) in [5.41, 5.74) is 9.40. The van der Waals surface area contributed by atoms with E-state index < -0.39 is 12.1 Å². The molecule has 0 unspecified atom stereocenters. The molecule has 4 spiro atoms. The predicted molar refractivity (Wildman–Crippen MR) is 268 cm³/mol. The number of carboxylic acids is 1. The Labute approximate surface area is 419 Å². The lowest BCUT2D eigenvalue weighted by Gasteiger charge is -2.42. The van der Waals surface area contributed by atoms with Crippen LogP contribution in [0.2, 0.25) is 0 Å². The second-order valence-electron chi connectivity index (χ2n) is 20.8. The lowest BCUT2D eigenvalue weighted by molar-refractivity contribution is -0.192. The van der Waals surface area contributed by atoms with E-state index in [1.54, 1.807) is 6.92 Å². The molecule has 12 rings (SSSR count). The summed E-state index contributed by atoms with van der Waals surface area (Å²) in [5.74, 6) is -1.73. The van der Waals surface area contributed by atoms with Crippen LogP contribution >= 0.6 is 0 Å². The molecule has 5 heterocycles. The van der Waals surface area contributed by atoms with Gasteiger partial charge in [0.1, 0.15) is 0 Å². The number of alkyl halides is 3. The van der Waals surface area contributed by atoms with Gasteiger partial charge in [-0.15, -0.1) is 0 Å². The second-order valence-corrected chi connectivity index (χ2v) is 20.8. The molecule has 0 atom stereocenters. The number of amides is 3. The molecule has 3 saturated heterocycles. The number of benzene rings is 4. The molecule has 72 heavy (non-hydrogen) atoms. The van der Waals surface area contributed by atoms with Gasteiger partial charge >= 0.3 is 12.1 Å². The van der Waals surface area contributed by atoms with Crippen LogP contribution in [-0.2, 0) is 36.0 Å². The number of carboxylic acid groups (broad SMARTS) is 1. The fourth-order valence-electron chi connectivity index (χ4n) is 12.7. The molecule has 12 nitrogen and oxygen atoms in total. The first-order valence-electron chi connectivity index (χ1n) is 25.5. The van der Waals surface area contributed by atoms with Crippen molar-refractivity contribution in [1.82, 2.24) is 20.9 Å². The first-order valence-corrected chi connectivity index (χ1v) is 25.5. The number of carbonyl (C=O) groups excluding carboxylic acids is 5. The first-order chi connectivity index (χ1) is 34.5. The quantitative estimate of drug-likeness (QED) is 0.115. The van der Waals surface area contributed by atoms with Crippen LogP contribution in [-0.4, -0.2) is 97.3 Å². The van der Waals surface area contributed by atoms with Crippen molar-refractivity contribution in [2.45, 2.75) is 125 Å². The van der Waals surface area contributed by atoms with Gasteiger partial charge in [0, 0.05) is 89.9 Å². The van der Waals surface area contributed by atoms with Crippen LogP contribution in [0.15, 0.2) is 97.1 Å². The number of Topliss-reactive ketones (excluding diaryl/α,β-unsaturated/α-hetero) is 2. The lowest BCUT2D eigenvalue weighted by atomic mass is 9.68. The minimum atomic E-state index is -5.08. The Morgan fingerprint density at radius 2 is 0.958 bits per heavy atom. The number of nitrogens with one attached hydrogen (secondary N) is 4. The van der Waals surface area contributed by atoms with Gasteiger partial charge in [0.05, 0.1) is 0 Å². The van der Waals surface area contributed by atoms with Gasteiger partial charge in [-0.05, 0) is 112 Å². The summed E-state index contributed by atoms with van der Waals surface area (Å²) in [5, 5.41) is 19.9. The van der Waals surface area contributed by atoms with Crippen molar-refractivity contribution in [3.63, 3.8) is 0 Å². The molecule has 4 fully saturated rings. The zero-order valence-electron chi connectivity index (χ0n) is 41.1. The summed E-state index contributed by atoms with van der Waals surface area (Å²) in [7, 11) is 0. The maximum absolute atomic E-state index is 12.1. The number of carbonyl (C=O) groups is 6. The Kier molecular flexibility index (Phi) is 15.8. The Hall–Kier alpha value is -6.19. The van der Waals surface area contributed by atoms with Gasteiger partial charge in [-0.25, -0.2) is 4.79 Å². The number of likely N-dealkylation sites (tertiary alicyclic amines) is 1. The number of halogens is 3. The van der Waals surface area contributed by atoms with Crippen molar-refractivity contribution in [2.75, 3.05) is 51.1 Å². The molecule has 4 aromatic carbocycles. The van der Waals surface area contributed by atoms with Crippen LogP contribution in [0, 0.1) is 0 Å². The van der Waals surface area contributed by atoms with E-state index in [0.29, 0.717) is 18.6 Å². The zero-order valence-corrected chi connectivity index (χ0v) is 41.1. The Balaban J connectivity index is 0.000000123. The summed E-state index contributed by atoms with van der Waals surface area (Å²) in [6, 6.07) is 32.5. The monoisotopic (exact) mass is 989 g/mol. The number of para-hydroxylation sites is 1. The van der Waals surface area contributed by atoms with Crippen molar-refractivity contribution < 1.29 is 47.0 Å². The highest BCUT2D eigenvalue weighted by Gasteiger charge is 2.46. The molecule has 0 radical (unpaired) electrons. The highest BCUT2D eigenvalue weighted by Crippen LogP contribution is 2.49. The molecule has 8 aliphatic rings. The SMILES string of the molecule is CC(=O)N1CCC2(CC1)CC(=O)c1ccccc12.O=C(O)C(F)(F)F.O=C1CC2(CCCCC2)c2ccccc21.O=C1CC2(CCNCC2)c2ccccc2N1.O=C1NCC2(CCNCC2)c2ccccc21. The number of anilines is 1. The molecular weight excluding hydrogens is 924 g/mol. The molecule has 1 saturated carbocycles. The third-order valence-electron chi connectivity index (χ3n) is 16.5. The Morgan fingerprint density at radius 3 is 1.46 bits per heavy atom. The number of fused-ring (bicyclic) bond motifs is 8. The van der Waals surface area contributed by atoms with Crippen molar-refractivity contribution >= 4 is 40.9 Å². The van der Waals surface area contributed by atoms with E-state index >= 15 is 0 Å². The maximum atomic E-state index is 12.1. The summed E-state index contributed by atoms with van der Waals surface area (Å²) < 4.78 is 31.7. The van der Waals surface area contributed by atoms with E-state index in [1.165, 1.54) is 54.4 Å². The second kappa shape index (κ2) is 21.9. The molecule has 0 bridgehead atoms. The summed E-state index contributed by atoms with van der Waals surface area (Å²) >= 11 is 0. The van der Waals surface area contributed by atoms with Crippen molar-refractivity contribution in [2.24, 2.45) is 0 Å². The lowest BCUT2D eigenvalue weighted by Crippen LogP contribution is -2.51. The van der Waals surface area contributed by atoms with Crippen LogP contribution < -0.4 is 21.3 Å². The number of rotatable bonds is 0. The van der Waals surface area contributed by atoms with Crippen LogP contribution in [0.5, 0.6) is 0 Å². The third kappa shape index (κ3) is 11.1. The van der Waals surface area contributed by atoms with Crippen LogP contribution in [0.25, 0.3) is 0 Å². The molecule has 3 amide bonds. The smallest absolute Gasteiger partial charge is 0.475 e. The molecular formula is C57H66F3N5O7. The van der Waals surface area contributed by atoms with Crippen LogP contribution in [0.3, 0.4) is 0 Å². The van der Waals surface area contributed by atoms with Gasteiger partial charge in [0.2, 0.25) is 11.8 Å². The number of nitrogens with zero attached hydrogens (tertiary/aromatic N) is 1. The molecule has 3 aliphatic carbocycles. The molecule has 0 aromatic heterocycles. The van der Waals surface area contributed by atoms with Crippen LogP contribution in [0.4, 0.5) is 18.9 Å². The largest absolute Gasteiger partial charge is 0.490 e. The Morgan fingerprint density at radius 1 is 0.542 bits per heavy atom. The highest BCUT2D eigenvalue weighted by atomic mass is 19.4. The predicted octanol–water partition coefficient (Wildman–Crippen LogP) is 8.96. The molecule has 4 aromatic rings. The number of hydrogen-bond acceptors (Lipinski definition) is 8. The van der Waals surface area contributed by atoms with Gasteiger partial charge in [0.25, 0.3) is 5.91 Å². The van der Waals surface area contributed by atoms with E-state index in [9.17, 15) is 37.1 Å². The van der Waals surface area contributed by atoms with Crippen molar-refractivity contribution in [3.8, 4) is 0 Å². The summed E-state index contributed by atoms with van der Waals surface area (Å²) in [6.45, 7) is 8.09. The maximum Gasteiger partial charge on any atom is 0.490 e. The molecule has 5 N–H and O–H groups in total. The van der Waals surface area contributed by atoms with Gasteiger partial charge in [-0.2, -0.15) is 13.2 Å². The molecule has 5 aliphatic heterocycles. The Bertz CT molecular complexity index is 2660. The van der Waals surface area contributed by atoms with Gasteiger partial charge in [-0.1, -0.05) is 104 Å². The normalized spacial score (nSPS) is 21.2. The zero-order chi connectivity index (χ0) is 51.2. The number of aliphatic carboxylic acids is 1. The fourth-order valence-corrected chi connectivity index (χ4v) is 12.7. The third-order valence-corrected chi connectivity index (χ3v) is 16.5. The minimum Gasteiger partial charge on any atom is -0.475 e. The molecule has 15 heteroatoms. The van der Waals surface area contributed by atoms with E-state index in [0.717, 1.165) is 113 Å². The van der Waals surface area contributed by atoms with Gasteiger partial charge in [0.15, 0.2) is 11.6 Å². The highest BCUT2D eigenvalue weighted by molar-refractivity contribution is 6.03. The number of piperidine rings is 3. The van der Waals surface area contributed by atoms with Crippen molar-refractivity contribution in [1.29, 1.82) is 0 Å². The number of hydrogen-bond donors (Lipinski definition) is 5. The van der Waals surface area contributed by atoms with E-state index in [1.807, 2.05) is 65.6 Å². The van der Waals surface area contributed by atoms with E-state index in [-0.39, 0.29) is 45.2 Å². The topological polar surface area (TPSA) is 174 Å². The standard InChI is InChI=1S/C15H17NO2.C14H16O.2C13H16N2O.C2HF3O2/c1-11(17)16-8-6-15(7-9-16)10-14(18)12-4-2-3-5-13(12)15;15-13-10-14(8-4-1-5-9-14)12-7-3-2-6-11(12)13;16-12-10-3-1-2-4-11(10)13(9-15-12)5-7-14-8-6-13;16-12-9-13(5-7-14-8-6-13)10-3-1-2-4-11(10)15-12;3-2(4,5)1(6)7/h2-5H,6-10H2,1H3;2-3,6-7H,1,4-5,8-10H2;2*1-4,14H,5-9H2,(H,15,16);(H,6,7). The van der Waals surface area contributed by atoms with Crippen molar-refractivity contribution in [3.05, 3.63) is 136 Å². The summed E-state index contributed by atoms with van der Waals surface area (Å²) in [6.07, 6.45) is 9.51. The van der Waals surface area contributed by atoms with Gasteiger partial charge in [-0.3, -0.25) is 24.0 Å². The van der Waals surface area contributed by atoms with E-state index in [2.05, 4.69) is 57.7 Å². The molecule has 382 valence electrons. The fraction of sp³-hybridized carbons (Fsp3) is 0.474. The summed E-state index contributed by atoms with van der Waals surface area (Å²) in [4.78, 5) is 69.7. The van der Waals surface area contributed by atoms with E-state index in [4.69, 9.17) is 9.90 Å². The number of ketones is 2. The van der Waals surface area contributed by atoms with Gasteiger partial charge < -0.3 is 31.3 Å². The first kappa shape index (κ1) is 52.1. The van der Waals surface area contributed by atoms with Crippen LogP contribution in [0.1, 0.15) is 150 Å².